The molecule has 2 aromatic rings. The van der Waals surface area contributed by atoms with Crippen LogP contribution in [-0.2, 0) is 13.2 Å². The second-order valence-corrected chi connectivity index (χ2v) is 3.98. The van der Waals surface area contributed by atoms with Crippen LogP contribution in [0.25, 0.3) is 0 Å². The number of aryl methyl sites for hydroxylation is 1. The van der Waals surface area contributed by atoms with Gasteiger partial charge >= 0.3 is 0 Å². The lowest BCUT2D eigenvalue weighted by Crippen LogP contribution is -2.09. The van der Waals surface area contributed by atoms with E-state index in [0.717, 1.165) is 0 Å². The number of hydrogen-bond donors (Lipinski definition) is 0. The fraction of sp³-hybridized carbons (Fsp3) is 0.308. The highest BCUT2D eigenvalue weighted by atomic mass is 19.1. The van der Waals surface area contributed by atoms with Crippen LogP contribution < -0.4 is 4.74 Å². The molecule has 2 rings (SSSR count). The van der Waals surface area contributed by atoms with Crippen LogP contribution in [0.1, 0.15) is 30.0 Å². The summed E-state index contributed by atoms with van der Waals surface area (Å²) in [5.74, 6) is 0.293. The van der Waals surface area contributed by atoms with Crippen molar-refractivity contribution < 1.29 is 13.9 Å². The Balaban J connectivity index is 2.18. The zero-order chi connectivity index (χ0) is 13.8. The molecule has 0 spiro atoms. The van der Waals surface area contributed by atoms with Crippen molar-refractivity contribution in [2.75, 3.05) is 0 Å². The third-order valence-electron chi connectivity index (χ3n) is 2.67. The molecule has 0 atom stereocenters. The maximum absolute atomic E-state index is 13.1. The highest BCUT2D eigenvalue weighted by Crippen LogP contribution is 2.21. The minimum atomic E-state index is -0.464. The third kappa shape index (κ3) is 2.96. The summed E-state index contributed by atoms with van der Waals surface area (Å²) in [4.78, 5) is 15.5. The molecule has 0 unspecified atom stereocenters. The van der Waals surface area contributed by atoms with Gasteiger partial charge in [0, 0.05) is 6.54 Å². The molecule has 1 heterocycles. The van der Waals surface area contributed by atoms with Gasteiger partial charge in [0.1, 0.15) is 24.5 Å². The van der Waals surface area contributed by atoms with Gasteiger partial charge in [-0.1, -0.05) is 0 Å². The number of aromatic nitrogens is 3. The van der Waals surface area contributed by atoms with E-state index in [-0.39, 0.29) is 18.0 Å². The maximum Gasteiger partial charge on any atom is 0.164 e. The first-order valence-electron chi connectivity index (χ1n) is 5.91. The van der Waals surface area contributed by atoms with Crippen molar-refractivity contribution in [3.05, 3.63) is 41.7 Å². The molecule has 0 saturated heterocycles. The van der Waals surface area contributed by atoms with E-state index >= 15 is 0 Å². The number of ketones is 1. The average Bonchev–Trinajstić information content (AvgIpc) is 2.84. The molecule has 0 aliphatic heterocycles. The van der Waals surface area contributed by atoms with Crippen LogP contribution in [0.15, 0.2) is 24.5 Å². The van der Waals surface area contributed by atoms with Crippen LogP contribution >= 0.6 is 0 Å². The molecule has 0 radical (unpaired) electrons. The molecule has 0 saturated carbocycles. The average molecular weight is 263 g/mol. The van der Waals surface area contributed by atoms with Crippen molar-refractivity contribution in [2.45, 2.75) is 27.0 Å². The van der Waals surface area contributed by atoms with Crippen molar-refractivity contribution >= 4 is 5.78 Å². The van der Waals surface area contributed by atoms with Gasteiger partial charge in [0.15, 0.2) is 11.6 Å². The van der Waals surface area contributed by atoms with Crippen LogP contribution in [0.4, 0.5) is 4.39 Å². The number of rotatable bonds is 5. The quantitative estimate of drug-likeness (QED) is 0.776. The van der Waals surface area contributed by atoms with Crippen LogP contribution in [0.2, 0.25) is 0 Å². The molecule has 0 bridgehead atoms. The summed E-state index contributed by atoms with van der Waals surface area (Å²) >= 11 is 0. The maximum atomic E-state index is 13.1. The Bertz CT molecular complexity index is 595. The number of carbonyl (C=O) groups excluding carboxylic acids is 1. The fourth-order valence-corrected chi connectivity index (χ4v) is 1.71. The molecule has 0 amide bonds. The molecule has 6 heteroatoms. The number of ether oxygens (including phenoxy) is 1. The molecule has 5 nitrogen and oxygen atoms in total. The Morgan fingerprint density at radius 3 is 2.95 bits per heavy atom. The Kier molecular flexibility index (Phi) is 3.89. The topological polar surface area (TPSA) is 57.0 Å². The normalized spacial score (nSPS) is 10.5. The summed E-state index contributed by atoms with van der Waals surface area (Å²) in [6, 6.07) is 3.87. The van der Waals surface area contributed by atoms with Gasteiger partial charge in [0.25, 0.3) is 0 Å². The summed E-state index contributed by atoms with van der Waals surface area (Å²) in [6.07, 6.45) is 1.44. The Morgan fingerprint density at radius 2 is 2.26 bits per heavy atom. The highest BCUT2D eigenvalue weighted by Gasteiger charge is 2.11. The summed E-state index contributed by atoms with van der Waals surface area (Å²) in [5.41, 5.74) is 0.225. The largest absolute Gasteiger partial charge is 0.485 e. The lowest BCUT2D eigenvalue weighted by Gasteiger charge is -2.09. The predicted octanol–water partition coefficient (Wildman–Crippen LogP) is 2.22. The van der Waals surface area contributed by atoms with Gasteiger partial charge in [-0.05, 0) is 32.0 Å². The van der Waals surface area contributed by atoms with E-state index in [1.165, 1.54) is 31.5 Å². The number of benzene rings is 1. The summed E-state index contributed by atoms with van der Waals surface area (Å²) in [7, 11) is 0. The van der Waals surface area contributed by atoms with Crippen molar-refractivity contribution in [1.29, 1.82) is 0 Å². The molecular weight excluding hydrogens is 249 g/mol. The Labute approximate surface area is 110 Å². The van der Waals surface area contributed by atoms with Gasteiger partial charge in [-0.15, -0.1) is 0 Å². The lowest BCUT2D eigenvalue weighted by molar-refractivity contribution is 0.101. The minimum absolute atomic E-state index is 0.180. The van der Waals surface area contributed by atoms with E-state index < -0.39 is 5.82 Å². The number of carbonyl (C=O) groups is 1. The molecule has 0 aliphatic rings. The van der Waals surface area contributed by atoms with Gasteiger partial charge in [-0.25, -0.2) is 14.1 Å². The van der Waals surface area contributed by atoms with Crippen LogP contribution in [0.5, 0.6) is 5.75 Å². The van der Waals surface area contributed by atoms with Crippen molar-refractivity contribution in [1.82, 2.24) is 14.8 Å². The van der Waals surface area contributed by atoms with Gasteiger partial charge in [0.05, 0.1) is 5.56 Å². The number of halogens is 1. The van der Waals surface area contributed by atoms with Crippen LogP contribution in [0.3, 0.4) is 0 Å². The lowest BCUT2D eigenvalue weighted by atomic mass is 10.1. The second kappa shape index (κ2) is 5.60. The molecule has 19 heavy (non-hydrogen) atoms. The number of Topliss-reactive ketones (excluding diaryl/α,β-unsaturated/α-hetero) is 1. The number of hydrogen-bond acceptors (Lipinski definition) is 4. The molecule has 1 aromatic carbocycles. The van der Waals surface area contributed by atoms with E-state index in [0.29, 0.717) is 18.1 Å². The fourth-order valence-electron chi connectivity index (χ4n) is 1.71. The molecular formula is C13H14FN3O2. The Hall–Kier alpha value is -2.24. The highest BCUT2D eigenvalue weighted by molar-refractivity contribution is 5.96. The van der Waals surface area contributed by atoms with Crippen LogP contribution in [-0.4, -0.2) is 20.5 Å². The van der Waals surface area contributed by atoms with Gasteiger partial charge < -0.3 is 4.74 Å². The summed E-state index contributed by atoms with van der Waals surface area (Å²) < 4.78 is 20.3. The molecule has 1 aromatic heterocycles. The third-order valence-corrected chi connectivity index (χ3v) is 2.67. The summed E-state index contributed by atoms with van der Waals surface area (Å²) in [5, 5.41) is 4.02. The van der Waals surface area contributed by atoms with E-state index in [1.807, 2.05) is 6.92 Å². The first-order chi connectivity index (χ1) is 9.11. The SMILES string of the molecule is CCn1ncnc1COc1ccc(F)cc1C(C)=O. The predicted molar refractivity (Wildman–Crippen MR) is 66.4 cm³/mol. The van der Waals surface area contributed by atoms with Gasteiger partial charge in [-0.2, -0.15) is 5.10 Å². The standard InChI is InChI=1S/C13H14FN3O2/c1-3-17-13(15-8-16-17)7-19-12-5-4-10(14)6-11(12)9(2)18/h4-6,8H,3,7H2,1-2H3. The smallest absolute Gasteiger partial charge is 0.164 e. The monoisotopic (exact) mass is 263 g/mol. The molecule has 100 valence electrons. The van der Waals surface area contributed by atoms with Crippen molar-refractivity contribution in [2.24, 2.45) is 0 Å². The van der Waals surface area contributed by atoms with E-state index in [9.17, 15) is 9.18 Å². The zero-order valence-electron chi connectivity index (χ0n) is 10.8. The first-order valence-corrected chi connectivity index (χ1v) is 5.91. The zero-order valence-corrected chi connectivity index (χ0v) is 10.8. The van der Waals surface area contributed by atoms with E-state index in [1.54, 1.807) is 4.68 Å². The van der Waals surface area contributed by atoms with Crippen LogP contribution in [0, 0.1) is 5.82 Å². The van der Waals surface area contributed by atoms with Crippen molar-refractivity contribution in [3.63, 3.8) is 0 Å². The molecule has 0 fully saturated rings. The van der Waals surface area contributed by atoms with Gasteiger partial charge in [-0.3, -0.25) is 4.79 Å². The number of nitrogens with zero attached hydrogens (tertiary/aromatic N) is 3. The summed E-state index contributed by atoms with van der Waals surface area (Å²) in [6.45, 7) is 4.18. The molecule has 0 N–H and O–H groups in total. The molecule has 0 aliphatic carbocycles. The minimum Gasteiger partial charge on any atom is -0.485 e. The Morgan fingerprint density at radius 1 is 1.47 bits per heavy atom. The van der Waals surface area contributed by atoms with E-state index in [2.05, 4.69) is 10.1 Å². The van der Waals surface area contributed by atoms with Crippen molar-refractivity contribution in [3.8, 4) is 5.75 Å². The first kappa shape index (κ1) is 13.2. The van der Waals surface area contributed by atoms with Gasteiger partial charge in [0.2, 0.25) is 0 Å². The second-order valence-electron chi connectivity index (χ2n) is 3.98. The van der Waals surface area contributed by atoms with E-state index in [4.69, 9.17) is 4.74 Å².